The van der Waals surface area contributed by atoms with Crippen molar-refractivity contribution in [1.29, 1.82) is 0 Å². The van der Waals surface area contributed by atoms with Gasteiger partial charge in [0.2, 0.25) is 0 Å². The van der Waals surface area contributed by atoms with Crippen LogP contribution in [0.4, 0.5) is 19.0 Å². The van der Waals surface area contributed by atoms with Crippen LogP contribution in [0.5, 0.6) is 5.75 Å². The first-order valence-electron chi connectivity index (χ1n) is 9.53. The van der Waals surface area contributed by atoms with Gasteiger partial charge in [-0.25, -0.2) is 22.5 Å². The van der Waals surface area contributed by atoms with Gasteiger partial charge in [-0.3, -0.25) is 0 Å². The number of thiazole rings is 1. The minimum absolute atomic E-state index is 0.0288. The van der Waals surface area contributed by atoms with Gasteiger partial charge in [0.1, 0.15) is 10.8 Å². The van der Waals surface area contributed by atoms with Crippen molar-refractivity contribution >= 4 is 33.1 Å². The number of aromatic nitrogens is 1. The number of carboxylic acids is 1. The van der Waals surface area contributed by atoms with Crippen molar-refractivity contribution in [2.24, 2.45) is 0 Å². The highest BCUT2D eigenvalue weighted by Crippen LogP contribution is 2.36. The summed E-state index contributed by atoms with van der Waals surface area (Å²) < 4.78 is 68.6. The average molecular weight is 501 g/mol. The van der Waals surface area contributed by atoms with Gasteiger partial charge in [0.15, 0.2) is 5.82 Å². The molecule has 0 aliphatic rings. The molecule has 33 heavy (non-hydrogen) atoms. The lowest BCUT2D eigenvalue weighted by atomic mass is 10.1. The van der Waals surface area contributed by atoms with Gasteiger partial charge < -0.3 is 9.84 Å². The van der Waals surface area contributed by atoms with Crippen LogP contribution < -0.4 is 9.04 Å². The maximum Gasteiger partial charge on any atom is 0.573 e. The first kappa shape index (κ1) is 24.5. The van der Waals surface area contributed by atoms with Crippen molar-refractivity contribution in [2.75, 3.05) is 10.8 Å². The summed E-state index contributed by atoms with van der Waals surface area (Å²) in [7, 11) is -4.13. The molecule has 0 unspecified atom stereocenters. The predicted molar refractivity (Wildman–Crippen MR) is 117 cm³/mol. The number of anilines is 1. The molecule has 0 bridgehead atoms. The van der Waals surface area contributed by atoms with E-state index >= 15 is 0 Å². The zero-order chi connectivity index (χ0) is 24.6. The zero-order valence-corrected chi connectivity index (χ0v) is 19.3. The van der Waals surface area contributed by atoms with Crippen molar-refractivity contribution in [2.45, 2.75) is 32.0 Å². The standard InChI is InChI=1S/C21H19F3N2O5S2/c1-4-26(33(29,30)16-10-5-12(2)17(11-16)20(27)28)18-13(3)32-19(25-18)14-6-8-15(9-7-14)31-21(22,23)24/h5-11H,4H2,1-3H3,(H,27,28). The van der Waals surface area contributed by atoms with Gasteiger partial charge in [-0.15, -0.1) is 24.5 Å². The molecule has 0 spiro atoms. The molecule has 0 aliphatic heterocycles. The molecule has 176 valence electrons. The number of hydrogen-bond acceptors (Lipinski definition) is 6. The van der Waals surface area contributed by atoms with Crippen LogP contribution in [-0.4, -0.2) is 37.4 Å². The van der Waals surface area contributed by atoms with E-state index in [1.807, 2.05) is 0 Å². The van der Waals surface area contributed by atoms with Crippen LogP contribution in [0.15, 0.2) is 47.4 Å². The lowest BCUT2D eigenvalue weighted by Gasteiger charge is -2.21. The highest BCUT2D eigenvalue weighted by Gasteiger charge is 2.31. The Bertz CT molecular complexity index is 1290. The largest absolute Gasteiger partial charge is 0.573 e. The topological polar surface area (TPSA) is 96.8 Å². The van der Waals surface area contributed by atoms with Gasteiger partial charge in [-0.05, 0) is 62.7 Å². The first-order valence-corrected chi connectivity index (χ1v) is 11.8. The second kappa shape index (κ2) is 9.02. The molecule has 7 nitrogen and oxygen atoms in total. The number of sulfonamides is 1. The number of aromatic carboxylic acids is 1. The van der Waals surface area contributed by atoms with Gasteiger partial charge in [0.25, 0.3) is 10.0 Å². The quantitative estimate of drug-likeness (QED) is 0.477. The van der Waals surface area contributed by atoms with E-state index < -0.39 is 22.4 Å². The number of ether oxygens (including phenoxy) is 1. The fraction of sp³-hybridized carbons (Fsp3) is 0.238. The van der Waals surface area contributed by atoms with Crippen molar-refractivity contribution in [3.63, 3.8) is 0 Å². The number of carbonyl (C=O) groups is 1. The Morgan fingerprint density at radius 2 is 1.79 bits per heavy atom. The van der Waals surface area contributed by atoms with Crippen LogP contribution in [0.2, 0.25) is 0 Å². The maximum absolute atomic E-state index is 13.3. The number of aryl methyl sites for hydroxylation is 2. The van der Waals surface area contributed by atoms with E-state index in [-0.39, 0.29) is 28.6 Å². The lowest BCUT2D eigenvalue weighted by Crippen LogP contribution is -2.31. The molecule has 1 heterocycles. The number of halogens is 3. The molecule has 0 atom stereocenters. The summed E-state index contributed by atoms with van der Waals surface area (Å²) in [6, 6.07) is 8.95. The Morgan fingerprint density at radius 3 is 2.33 bits per heavy atom. The van der Waals surface area contributed by atoms with E-state index in [0.717, 1.165) is 22.5 Å². The molecule has 0 aliphatic carbocycles. The molecule has 0 saturated carbocycles. The van der Waals surface area contributed by atoms with Crippen LogP contribution in [-0.2, 0) is 10.0 Å². The van der Waals surface area contributed by atoms with E-state index in [1.165, 1.54) is 35.6 Å². The normalized spacial score (nSPS) is 11.9. The van der Waals surface area contributed by atoms with Gasteiger partial charge in [-0.2, -0.15) is 0 Å². The fourth-order valence-corrected chi connectivity index (χ4v) is 5.58. The molecule has 3 rings (SSSR count). The molecular weight excluding hydrogens is 481 g/mol. The van der Waals surface area contributed by atoms with Crippen LogP contribution >= 0.6 is 11.3 Å². The Hall–Kier alpha value is -3.12. The van der Waals surface area contributed by atoms with E-state index in [9.17, 15) is 31.5 Å². The highest BCUT2D eigenvalue weighted by atomic mass is 32.2. The monoisotopic (exact) mass is 500 g/mol. The smallest absolute Gasteiger partial charge is 0.478 e. The molecule has 0 saturated heterocycles. The number of alkyl halides is 3. The van der Waals surface area contributed by atoms with Gasteiger partial charge in [0.05, 0.1) is 10.5 Å². The summed E-state index contributed by atoms with van der Waals surface area (Å²) in [5.74, 6) is -1.46. The summed E-state index contributed by atoms with van der Waals surface area (Å²) in [5, 5.41) is 9.74. The van der Waals surface area contributed by atoms with E-state index in [0.29, 0.717) is 21.0 Å². The van der Waals surface area contributed by atoms with Crippen molar-refractivity contribution < 1.29 is 36.2 Å². The summed E-state index contributed by atoms with van der Waals surface area (Å²) >= 11 is 1.18. The second-order valence-electron chi connectivity index (χ2n) is 6.92. The Morgan fingerprint density at radius 1 is 1.15 bits per heavy atom. The van der Waals surface area contributed by atoms with Gasteiger partial charge in [-0.1, -0.05) is 6.07 Å². The number of carboxylic acid groups (broad SMARTS) is 1. The van der Waals surface area contributed by atoms with E-state index in [4.69, 9.17) is 0 Å². The van der Waals surface area contributed by atoms with Crippen LogP contribution in [0.3, 0.4) is 0 Å². The predicted octanol–water partition coefficient (Wildman–Crippen LogP) is 5.24. The minimum Gasteiger partial charge on any atom is -0.478 e. The Kier molecular flexibility index (Phi) is 6.70. The molecule has 0 fully saturated rings. The van der Waals surface area contributed by atoms with Gasteiger partial charge >= 0.3 is 12.3 Å². The minimum atomic E-state index is -4.81. The number of hydrogen-bond donors (Lipinski definition) is 1. The molecule has 1 N–H and O–H groups in total. The molecule has 1 aromatic heterocycles. The van der Waals surface area contributed by atoms with Crippen LogP contribution in [0.1, 0.15) is 27.7 Å². The molecule has 0 amide bonds. The van der Waals surface area contributed by atoms with Crippen molar-refractivity contribution in [1.82, 2.24) is 4.98 Å². The summed E-state index contributed by atoms with van der Waals surface area (Å²) in [6.07, 6.45) is -4.81. The third kappa shape index (κ3) is 5.28. The van der Waals surface area contributed by atoms with Gasteiger partial charge in [0, 0.05) is 17.0 Å². The third-order valence-electron chi connectivity index (χ3n) is 4.66. The summed E-state index contributed by atoms with van der Waals surface area (Å²) in [5.41, 5.74) is 0.791. The third-order valence-corrected chi connectivity index (χ3v) is 7.53. The zero-order valence-electron chi connectivity index (χ0n) is 17.7. The lowest BCUT2D eigenvalue weighted by molar-refractivity contribution is -0.274. The first-order chi connectivity index (χ1) is 15.3. The number of nitrogens with zero attached hydrogens (tertiary/aromatic N) is 2. The van der Waals surface area contributed by atoms with Crippen molar-refractivity contribution in [3.05, 3.63) is 58.5 Å². The van der Waals surface area contributed by atoms with E-state index in [2.05, 4.69) is 9.72 Å². The fourth-order valence-electron chi connectivity index (χ4n) is 3.10. The van der Waals surface area contributed by atoms with Crippen LogP contribution in [0.25, 0.3) is 10.6 Å². The van der Waals surface area contributed by atoms with Crippen molar-refractivity contribution in [3.8, 4) is 16.3 Å². The van der Waals surface area contributed by atoms with Crippen LogP contribution in [0, 0.1) is 13.8 Å². The molecule has 2 aromatic carbocycles. The highest BCUT2D eigenvalue weighted by molar-refractivity contribution is 7.92. The maximum atomic E-state index is 13.3. The summed E-state index contributed by atoms with van der Waals surface area (Å²) in [6.45, 7) is 4.89. The number of rotatable bonds is 7. The molecule has 12 heteroatoms. The number of benzene rings is 2. The Balaban J connectivity index is 1.97. The Labute approximate surface area is 192 Å². The SMILES string of the molecule is CCN(c1nc(-c2ccc(OC(F)(F)F)cc2)sc1C)S(=O)(=O)c1ccc(C)c(C(=O)O)c1. The molecule has 0 radical (unpaired) electrons. The molecule has 3 aromatic rings. The van der Waals surface area contributed by atoms with E-state index in [1.54, 1.807) is 20.8 Å². The second-order valence-corrected chi connectivity index (χ2v) is 9.99. The average Bonchev–Trinajstić information content (AvgIpc) is 3.09. The summed E-state index contributed by atoms with van der Waals surface area (Å²) in [4.78, 5) is 16.2. The molecular formula is C21H19F3N2O5S2.